The van der Waals surface area contributed by atoms with E-state index in [0.29, 0.717) is 65.6 Å². The number of piperidine rings is 1. The number of methoxy groups -OCH3 is 1. The Bertz CT molecular complexity index is 1900. The zero-order chi connectivity index (χ0) is 37.1. The predicted octanol–water partition coefficient (Wildman–Crippen LogP) is 8.75. The highest BCUT2D eigenvalue weighted by Crippen LogP contribution is 2.40. The van der Waals surface area contributed by atoms with Gasteiger partial charge in [-0.1, -0.05) is 30.4 Å². The highest BCUT2D eigenvalue weighted by atomic mass is 19.1. The van der Waals surface area contributed by atoms with Crippen molar-refractivity contribution in [1.82, 2.24) is 14.6 Å². The average molecular weight is 699 g/mol. The van der Waals surface area contributed by atoms with Gasteiger partial charge in [-0.25, -0.2) is 14.2 Å². The maximum absolute atomic E-state index is 15.0. The first-order valence-electron chi connectivity index (χ1n) is 17.5. The van der Waals surface area contributed by atoms with Crippen molar-refractivity contribution in [3.8, 4) is 28.1 Å². The summed E-state index contributed by atoms with van der Waals surface area (Å²) in [5.41, 5.74) is 4.31. The minimum absolute atomic E-state index is 0.132. The van der Waals surface area contributed by atoms with Crippen molar-refractivity contribution < 1.29 is 28.1 Å². The van der Waals surface area contributed by atoms with Crippen molar-refractivity contribution in [3.05, 3.63) is 90.4 Å². The number of rotatable bonds is 13. The van der Waals surface area contributed by atoms with Crippen LogP contribution in [0.3, 0.4) is 0 Å². The van der Waals surface area contributed by atoms with Gasteiger partial charge in [0.2, 0.25) is 0 Å². The van der Waals surface area contributed by atoms with Gasteiger partial charge in [0.05, 0.1) is 42.3 Å². The Labute approximate surface area is 301 Å². The fourth-order valence-electron chi connectivity index (χ4n) is 6.47. The Morgan fingerprint density at radius 1 is 1.08 bits per heavy atom. The topological polar surface area (TPSA) is 87.4 Å². The third-order valence-corrected chi connectivity index (χ3v) is 9.18. The molecule has 1 unspecified atom stereocenters. The van der Waals surface area contributed by atoms with Crippen LogP contribution in [0.25, 0.3) is 28.0 Å². The molecule has 0 radical (unpaired) electrons. The molecule has 0 amide bonds. The van der Waals surface area contributed by atoms with Crippen molar-refractivity contribution in [3.63, 3.8) is 0 Å². The lowest BCUT2D eigenvalue weighted by molar-refractivity contribution is -0.164. The molecular formula is C41H51FN4O5. The molecule has 0 aliphatic carbocycles. The van der Waals surface area contributed by atoms with Gasteiger partial charge in [0.15, 0.2) is 11.8 Å². The van der Waals surface area contributed by atoms with E-state index in [-0.39, 0.29) is 17.5 Å². The summed E-state index contributed by atoms with van der Waals surface area (Å²) in [7, 11) is 1.36. The summed E-state index contributed by atoms with van der Waals surface area (Å²) in [6.45, 7) is 22.8. The molecule has 10 heteroatoms. The molecule has 2 atom stereocenters. The van der Waals surface area contributed by atoms with Crippen LogP contribution < -0.4 is 9.64 Å². The number of fused-ring (bicyclic) bond motifs is 1. The van der Waals surface area contributed by atoms with Gasteiger partial charge in [0.25, 0.3) is 0 Å². The van der Waals surface area contributed by atoms with Gasteiger partial charge in [-0.3, -0.25) is 0 Å². The summed E-state index contributed by atoms with van der Waals surface area (Å²) in [4.78, 5) is 20.6. The van der Waals surface area contributed by atoms with E-state index in [4.69, 9.17) is 29.0 Å². The molecule has 1 aliphatic heterocycles. The Morgan fingerprint density at radius 3 is 2.43 bits per heavy atom. The van der Waals surface area contributed by atoms with Crippen LogP contribution in [0.1, 0.15) is 76.8 Å². The van der Waals surface area contributed by atoms with E-state index >= 15 is 0 Å². The zero-order valence-electron chi connectivity index (χ0n) is 31.2. The van der Waals surface area contributed by atoms with Crippen molar-refractivity contribution in [2.45, 2.75) is 91.1 Å². The molecule has 4 aromatic rings. The highest BCUT2D eigenvalue weighted by Gasteiger charge is 2.38. The Kier molecular flexibility index (Phi) is 11.4. The monoisotopic (exact) mass is 698 g/mol. The maximum atomic E-state index is 15.0. The zero-order valence-corrected chi connectivity index (χ0v) is 31.2. The summed E-state index contributed by atoms with van der Waals surface area (Å²) in [5.74, 6) is 0.491. The number of hydrogen-bond acceptors (Lipinski definition) is 8. The molecule has 51 heavy (non-hydrogen) atoms. The summed E-state index contributed by atoms with van der Waals surface area (Å²) in [6, 6.07) is 13.0. The molecular weight excluding hydrogens is 647 g/mol. The first-order chi connectivity index (χ1) is 24.2. The quantitative estimate of drug-likeness (QED) is 0.101. The molecule has 1 fully saturated rings. The van der Waals surface area contributed by atoms with Crippen LogP contribution in [-0.2, 0) is 19.0 Å². The number of ether oxygens (including phenoxy) is 4. The number of halogens is 1. The molecule has 272 valence electrons. The van der Waals surface area contributed by atoms with Gasteiger partial charge in [0, 0.05) is 42.4 Å². The second kappa shape index (κ2) is 15.4. The lowest BCUT2D eigenvalue weighted by Crippen LogP contribution is -2.45. The molecule has 0 spiro atoms. The van der Waals surface area contributed by atoms with Crippen LogP contribution in [0.5, 0.6) is 5.75 Å². The fraction of sp³-hybridized carbons (Fsp3) is 0.439. The summed E-state index contributed by atoms with van der Waals surface area (Å²) in [6.07, 6.45) is 4.57. The minimum Gasteiger partial charge on any atom is -0.490 e. The molecule has 2 aromatic heterocycles. The summed E-state index contributed by atoms with van der Waals surface area (Å²) >= 11 is 0. The first kappa shape index (κ1) is 37.7. The van der Waals surface area contributed by atoms with Crippen LogP contribution in [0.15, 0.2) is 67.8 Å². The molecule has 0 saturated carbocycles. The average Bonchev–Trinajstić information content (AvgIpc) is 3.51. The number of carbonyl (C=O) groups is 1. The Balaban J connectivity index is 1.65. The second-order valence-electron chi connectivity index (χ2n) is 14.5. The van der Waals surface area contributed by atoms with Gasteiger partial charge in [-0.2, -0.15) is 9.61 Å². The molecule has 2 aromatic carbocycles. The number of carbonyl (C=O) groups excluding carboxylic acids is 1. The standard InChI is InChI=1S/C41H51FN4O5/c1-11-14-27(4)50-34-22-26(3)32(42)24-31(34)29-15-13-16-30(23-29)33-25-35-43-28(5)36(37(39(47)48-10)51-40(6,7)8)38(46(35)44-33)45-19-17-41(9,18-20-45)49-21-12-2/h11-13,15-16,22-25,27,37H,1-2,14,17-21H2,3-10H3/t27-,37?/m0/s1. The molecule has 0 N–H and O–H groups in total. The van der Waals surface area contributed by atoms with E-state index < -0.39 is 17.7 Å². The third-order valence-electron chi connectivity index (χ3n) is 9.18. The number of benzene rings is 2. The number of esters is 1. The summed E-state index contributed by atoms with van der Waals surface area (Å²) < 4.78 is 40.9. The molecule has 5 rings (SSSR count). The van der Waals surface area contributed by atoms with E-state index in [1.165, 1.54) is 13.2 Å². The minimum atomic E-state index is -1.04. The highest BCUT2D eigenvalue weighted by molar-refractivity contribution is 5.81. The SMILES string of the molecule is C=CCOC1(C)CCN(c2c(C(OC(C)(C)C)C(=O)OC)c(C)nc3cc(-c4cccc(-c5cc(F)c(C)cc5O[C@@H](C)CC=C)c4)nn23)CC1. The van der Waals surface area contributed by atoms with E-state index in [9.17, 15) is 9.18 Å². The number of aryl methyl sites for hydroxylation is 2. The van der Waals surface area contributed by atoms with Crippen molar-refractivity contribution in [2.24, 2.45) is 0 Å². The van der Waals surface area contributed by atoms with Crippen molar-refractivity contribution >= 4 is 17.4 Å². The molecule has 0 bridgehead atoms. The van der Waals surface area contributed by atoms with Crippen LogP contribution in [0.2, 0.25) is 0 Å². The smallest absolute Gasteiger partial charge is 0.339 e. The number of aromatic nitrogens is 3. The largest absolute Gasteiger partial charge is 0.490 e. The number of hydrogen-bond donors (Lipinski definition) is 0. The van der Waals surface area contributed by atoms with Crippen LogP contribution in [0.4, 0.5) is 10.2 Å². The molecule has 9 nitrogen and oxygen atoms in total. The van der Waals surface area contributed by atoms with Gasteiger partial charge in [0.1, 0.15) is 17.4 Å². The summed E-state index contributed by atoms with van der Waals surface area (Å²) in [5, 5.41) is 5.12. The van der Waals surface area contributed by atoms with E-state index in [1.807, 2.05) is 71.0 Å². The van der Waals surface area contributed by atoms with E-state index in [2.05, 4.69) is 25.0 Å². The maximum Gasteiger partial charge on any atom is 0.339 e. The van der Waals surface area contributed by atoms with Gasteiger partial charge in [-0.15, -0.1) is 13.2 Å². The van der Waals surface area contributed by atoms with E-state index in [0.717, 1.165) is 29.8 Å². The lowest BCUT2D eigenvalue weighted by Gasteiger charge is -2.41. The number of nitrogens with zero attached hydrogens (tertiary/aromatic N) is 4. The van der Waals surface area contributed by atoms with Crippen molar-refractivity contribution in [2.75, 3.05) is 31.7 Å². The molecule has 1 aliphatic rings. The predicted molar refractivity (Wildman–Crippen MR) is 200 cm³/mol. The van der Waals surface area contributed by atoms with Gasteiger partial charge >= 0.3 is 5.97 Å². The second-order valence-corrected chi connectivity index (χ2v) is 14.5. The Morgan fingerprint density at radius 2 is 1.78 bits per heavy atom. The normalized spacial score (nSPS) is 15.7. The lowest BCUT2D eigenvalue weighted by atomic mass is 9.92. The Hall–Kier alpha value is -4.54. The first-order valence-corrected chi connectivity index (χ1v) is 17.5. The van der Waals surface area contributed by atoms with Crippen molar-refractivity contribution in [1.29, 1.82) is 0 Å². The molecule has 3 heterocycles. The van der Waals surface area contributed by atoms with E-state index in [1.54, 1.807) is 23.6 Å². The fourth-order valence-corrected chi connectivity index (χ4v) is 6.47. The number of anilines is 1. The van der Waals surface area contributed by atoms with Crippen LogP contribution >= 0.6 is 0 Å². The third kappa shape index (κ3) is 8.51. The van der Waals surface area contributed by atoms with Crippen LogP contribution in [-0.4, -0.2) is 64.7 Å². The van der Waals surface area contributed by atoms with Crippen LogP contribution in [0, 0.1) is 19.7 Å². The molecule has 1 saturated heterocycles. The van der Waals surface area contributed by atoms with Gasteiger partial charge < -0.3 is 23.8 Å². The van der Waals surface area contributed by atoms with Gasteiger partial charge in [-0.05, 0) is 90.6 Å².